The molecule has 102 valence electrons. The van der Waals surface area contributed by atoms with E-state index in [2.05, 4.69) is 13.8 Å². The van der Waals surface area contributed by atoms with Gasteiger partial charge in [0.1, 0.15) is 0 Å². The monoisotopic (exact) mass is 274 g/mol. The zero-order chi connectivity index (χ0) is 13.5. The molecule has 0 bridgehead atoms. The minimum absolute atomic E-state index is 0.174. The smallest absolute Gasteiger partial charge is 0.440 e. The molecule has 0 heterocycles. The molecule has 0 atom stereocenters. The second kappa shape index (κ2) is 7.03. The average Bonchev–Trinajstić information content (AvgIpc) is 2.26. The molecule has 0 aromatic rings. The van der Waals surface area contributed by atoms with Crippen molar-refractivity contribution in [1.29, 1.82) is 0 Å². The summed E-state index contributed by atoms with van der Waals surface area (Å²) in [5.41, 5.74) is -4.28. The number of carbonyl (C=O) groups excluding carboxylic acids is 1. The highest BCUT2D eigenvalue weighted by Gasteiger charge is 2.61. The summed E-state index contributed by atoms with van der Waals surface area (Å²) in [7, 11) is -4.83. The highest BCUT2D eigenvalue weighted by Crippen LogP contribution is 2.62. The Hall–Kier alpha value is -0.520. The van der Waals surface area contributed by atoms with E-state index in [0.717, 1.165) is 0 Å². The highest BCUT2D eigenvalue weighted by molar-refractivity contribution is 7.56. The summed E-state index contributed by atoms with van der Waals surface area (Å²) in [5.74, 6) is -1.88. The molecule has 0 fully saturated rings. The molecule has 0 spiro atoms. The van der Waals surface area contributed by atoms with E-state index in [9.17, 15) is 18.1 Å². The number of rotatable bonds is 8. The molecule has 0 aromatic carbocycles. The van der Waals surface area contributed by atoms with Crippen LogP contribution in [-0.2, 0) is 23.1 Å². The van der Waals surface area contributed by atoms with Gasteiger partial charge in [-0.2, -0.15) is 8.78 Å². The molecule has 0 N–H and O–H groups in total. The molecule has 0 aliphatic heterocycles. The summed E-state index contributed by atoms with van der Waals surface area (Å²) >= 11 is 0. The molecule has 0 aliphatic carbocycles. The molecule has 5 nitrogen and oxygen atoms in total. The van der Waals surface area contributed by atoms with Gasteiger partial charge in [-0.1, -0.05) is 6.92 Å². The highest BCUT2D eigenvalue weighted by atomic mass is 31.2. The molecule has 0 rings (SSSR count). The number of alkyl halides is 2. The van der Waals surface area contributed by atoms with E-state index in [-0.39, 0.29) is 19.8 Å². The number of hydrogen-bond acceptors (Lipinski definition) is 5. The minimum Gasteiger partial charge on any atom is -0.461 e. The fraction of sp³-hybridized carbons (Fsp3) is 0.889. The van der Waals surface area contributed by atoms with Crippen LogP contribution in [0.15, 0.2) is 0 Å². The van der Waals surface area contributed by atoms with Gasteiger partial charge in [-0.3, -0.25) is 4.57 Å². The second-order valence-electron chi connectivity index (χ2n) is 3.01. The third-order valence-electron chi connectivity index (χ3n) is 1.62. The van der Waals surface area contributed by atoms with Crippen LogP contribution in [0.1, 0.15) is 27.2 Å². The number of esters is 1. The van der Waals surface area contributed by atoms with Crippen LogP contribution in [0.25, 0.3) is 0 Å². The molecule has 0 saturated carbocycles. The zero-order valence-electron chi connectivity index (χ0n) is 10.1. The van der Waals surface area contributed by atoms with Gasteiger partial charge in [0.2, 0.25) is 0 Å². The van der Waals surface area contributed by atoms with Crippen LogP contribution < -0.4 is 0 Å². The van der Waals surface area contributed by atoms with Gasteiger partial charge in [-0.05, 0) is 20.3 Å². The number of halogens is 2. The molecule has 17 heavy (non-hydrogen) atoms. The fourth-order valence-corrected chi connectivity index (χ4v) is 2.30. The van der Waals surface area contributed by atoms with Crippen molar-refractivity contribution >= 4 is 13.6 Å². The van der Waals surface area contributed by atoms with Crippen LogP contribution in [0.3, 0.4) is 0 Å². The van der Waals surface area contributed by atoms with Crippen molar-refractivity contribution in [3.05, 3.63) is 0 Å². The molecule has 0 unspecified atom stereocenters. The average molecular weight is 274 g/mol. The van der Waals surface area contributed by atoms with Gasteiger partial charge in [-0.15, -0.1) is 0 Å². The molecule has 0 radical (unpaired) electrons. The van der Waals surface area contributed by atoms with E-state index >= 15 is 0 Å². The van der Waals surface area contributed by atoms with Crippen molar-refractivity contribution in [3.63, 3.8) is 0 Å². The SMILES string of the molecule is CCCOC(=O)C(F)(F)P(=O)(OCC)OCC. The van der Waals surface area contributed by atoms with Gasteiger partial charge in [0.05, 0.1) is 19.8 Å². The zero-order valence-corrected chi connectivity index (χ0v) is 11.0. The first-order valence-corrected chi connectivity index (χ1v) is 6.84. The Balaban J connectivity index is 4.93. The normalized spacial score (nSPS) is 12.5. The molecule has 0 aromatic heterocycles. The van der Waals surface area contributed by atoms with Gasteiger partial charge >= 0.3 is 19.2 Å². The molecular weight excluding hydrogens is 257 g/mol. The standard InChI is InChI=1S/C9H17F2O5P/c1-4-7-14-8(12)9(10,11)17(13,15-5-2)16-6-3/h4-7H2,1-3H3. The first-order valence-electron chi connectivity index (χ1n) is 5.29. The Kier molecular flexibility index (Phi) is 6.82. The van der Waals surface area contributed by atoms with Crippen LogP contribution in [0.4, 0.5) is 8.78 Å². The lowest BCUT2D eigenvalue weighted by Crippen LogP contribution is -2.32. The Morgan fingerprint density at radius 1 is 1.18 bits per heavy atom. The van der Waals surface area contributed by atoms with Gasteiger partial charge < -0.3 is 13.8 Å². The largest absolute Gasteiger partial charge is 0.461 e. The first-order chi connectivity index (χ1) is 7.85. The van der Waals surface area contributed by atoms with Crippen molar-refractivity contribution in [2.75, 3.05) is 19.8 Å². The number of hydrogen-bond donors (Lipinski definition) is 0. The maximum Gasteiger partial charge on any atom is 0.440 e. The van der Waals surface area contributed by atoms with Crippen LogP contribution in [-0.4, -0.2) is 31.5 Å². The van der Waals surface area contributed by atoms with E-state index in [1.54, 1.807) is 6.92 Å². The molecule has 8 heteroatoms. The maximum atomic E-state index is 13.6. The second-order valence-corrected chi connectivity index (χ2v) is 5.08. The fourth-order valence-electron chi connectivity index (χ4n) is 0.933. The van der Waals surface area contributed by atoms with Crippen LogP contribution in [0.5, 0.6) is 0 Å². The predicted octanol–water partition coefficient (Wildman–Crippen LogP) is 2.80. The molecule has 0 amide bonds. The number of ether oxygens (including phenoxy) is 1. The molecule has 0 aliphatic rings. The van der Waals surface area contributed by atoms with Crippen molar-refractivity contribution in [2.24, 2.45) is 0 Å². The summed E-state index contributed by atoms with van der Waals surface area (Å²) in [4.78, 5) is 11.1. The van der Waals surface area contributed by atoms with Crippen molar-refractivity contribution < 1.29 is 31.9 Å². The quantitative estimate of drug-likeness (QED) is 0.503. The summed E-state index contributed by atoms with van der Waals surface area (Å²) < 4.78 is 52.0. The van der Waals surface area contributed by atoms with E-state index in [4.69, 9.17) is 0 Å². The summed E-state index contributed by atoms with van der Waals surface area (Å²) in [6.07, 6.45) is 0.384. The van der Waals surface area contributed by atoms with Crippen LogP contribution >= 0.6 is 7.60 Å². The summed E-state index contributed by atoms with van der Waals surface area (Å²) in [6.45, 7) is 3.71. The van der Waals surface area contributed by atoms with Gasteiger partial charge in [-0.25, -0.2) is 4.79 Å². The van der Waals surface area contributed by atoms with E-state index in [1.807, 2.05) is 0 Å². The Morgan fingerprint density at radius 3 is 2.00 bits per heavy atom. The lowest BCUT2D eigenvalue weighted by molar-refractivity contribution is -0.163. The topological polar surface area (TPSA) is 61.8 Å². The van der Waals surface area contributed by atoms with E-state index in [0.29, 0.717) is 6.42 Å². The Labute approximate surface area is 99.0 Å². The van der Waals surface area contributed by atoms with Gasteiger partial charge in [0.15, 0.2) is 0 Å². The van der Waals surface area contributed by atoms with Crippen LogP contribution in [0.2, 0.25) is 0 Å². The summed E-state index contributed by atoms with van der Waals surface area (Å²) in [5, 5.41) is 0. The third kappa shape index (κ3) is 4.01. The first kappa shape index (κ1) is 16.5. The third-order valence-corrected chi connectivity index (χ3v) is 3.69. The molecule has 0 saturated heterocycles. The lowest BCUT2D eigenvalue weighted by Gasteiger charge is -2.23. The predicted molar refractivity (Wildman–Crippen MR) is 57.1 cm³/mol. The van der Waals surface area contributed by atoms with Gasteiger partial charge in [0.25, 0.3) is 0 Å². The summed E-state index contributed by atoms with van der Waals surface area (Å²) in [6, 6.07) is 0. The Bertz CT molecular complexity index is 285. The van der Waals surface area contributed by atoms with Crippen molar-refractivity contribution in [2.45, 2.75) is 32.9 Å². The molecular formula is C9H17F2O5P. The van der Waals surface area contributed by atoms with Crippen molar-refractivity contribution in [3.8, 4) is 0 Å². The minimum atomic E-state index is -4.83. The number of carbonyl (C=O) groups is 1. The lowest BCUT2D eigenvalue weighted by atomic mass is 10.5. The van der Waals surface area contributed by atoms with Gasteiger partial charge in [0, 0.05) is 0 Å². The Morgan fingerprint density at radius 2 is 1.65 bits per heavy atom. The van der Waals surface area contributed by atoms with Crippen LogP contribution in [0, 0.1) is 0 Å². The van der Waals surface area contributed by atoms with Crippen molar-refractivity contribution in [1.82, 2.24) is 0 Å². The van der Waals surface area contributed by atoms with E-state index in [1.165, 1.54) is 13.8 Å². The van der Waals surface area contributed by atoms with E-state index < -0.39 is 19.2 Å². The maximum absolute atomic E-state index is 13.6.